The van der Waals surface area contributed by atoms with Crippen LogP contribution in [0.15, 0.2) is 52.9 Å². The number of anilines is 1. The molecule has 0 atom stereocenters. The summed E-state index contributed by atoms with van der Waals surface area (Å²) in [6.45, 7) is -0.372. The van der Waals surface area contributed by atoms with E-state index in [1.54, 1.807) is 55.6 Å². The molecule has 0 saturated carbocycles. The van der Waals surface area contributed by atoms with Crippen molar-refractivity contribution in [1.82, 2.24) is 0 Å². The van der Waals surface area contributed by atoms with Crippen LogP contribution >= 0.6 is 0 Å². The molecule has 3 aromatic rings. The number of furan rings is 1. The molecule has 0 aliphatic rings. The van der Waals surface area contributed by atoms with E-state index in [9.17, 15) is 9.59 Å². The van der Waals surface area contributed by atoms with E-state index in [4.69, 9.17) is 23.9 Å². The maximum Gasteiger partial charge on any atom is 0.309 e. The number of para-hydroxylation sites is 1. The highest BCUT2D eigenvalue weighted by Gasteiger charge is 2.17. The molecule has 1 amide bonds. The molecule has 29 heavy (non-hydrogen) atoms. The summed E-state index contributed by atoms with van der Waals surface area (Å²) in [5.74, 6) is 0.127. The molecular formula is C21H18N2O6. The van der Waals surface area contributed by atoms with E-state index in [2.05, 4.69) is 5.32 Å². The molecule has 3 rings (SSSR count). The Labute approximate surface area is 166 Å². The number of ether oxygens (including phenoxy) is 3. The van der Waals surface area contributed by atoms with Crippen LogP contribution in [0.5, 0.6) is 11.5 Å². The SMILES string of the molecule is COc1ccc(OCCC(=O)OCC(=O)Nc2c(C#N)oc3ccccc23)cc1. The number of amides is 1. The van der Waals surface area contributed by atoms with Crippen LogP contribution in [-0.4, -0.2) is 32.2 Å². The van der Waals surface area contributed by atoms with E-state index in [0.717, 1.165) is 0 Å². The van der Waals surface area contributed by atoms with Gasteiger partial charge < -0.3 is 23.9 Å². The second-order valence-corrected chi connectivity index (χ2v) is 5.90. The van der Waals surface area contributed by atoms with Gasteiger partial charge >= 0.3 is 5.97 Å². The van der Waals surface area contributed by atoms with Crippen LogP contribution in [0.25, 0.3) is 11.0 Å². The lowest BCUT2D eigenvalue weighted by Gasteiger charge is -2.08. The van der Waals surface area contributed by atoms with Crippen LogP contribution in [0, 0.1) is 11.3 Å². The molecule has 0 bridgehead atoms. The van der Waals surface area contributed by atoms with Crippen LogP contribution in [0.2, 0.25) is 0 Å². The summed E-state index contributed by atoms with van der Waals surface area (Å²) >= 11 is 0. The Hall–Kier alpha value is -3.99. The monoisotopic (exact) mass is 394 g/mol. The van der Waals surface area contributed by atoms with Crippen molar-refractivity contribution < 1.29 is 28.2 Å². The highest BCUT2D eigenvalue weighted by atomic mass is 16.5. The number of carbonyl (C=O) groups excluding carboxylic acids is 2. The molecule has 0 unspecified atom stereocenters. The van der Waals surface area contributed by atoms with Crippen LogP contribution < -0.4 is 14.8 Å². The normalized spacial score (nSPS) is 10.2. The van der Waals surface area contributed by atoms with E-state index in [0.29, 0.717) is 22.5 Å². The average molecular weight is 394 g/mol. The summed E-state index contributed by atoms with van der Waals surface area (Å²) < 4.78 is 20.8. The Morgan fingerprint density at radius 3 is 2.55 bits per heavy atom. The van der Waals surface area contributed by atoms with Crippen molar-refractivity contribution >= 4 is 28.5 Å². The molecule has 0 saturated heterocycles. The van der Waals surface area contributed by atoms with Gasteiger partial charge in [0.15, 0.2) is 6.61 Å². The van der Waals surface area contributed by atoms with Gasteiger partial charge in [-0.15, -0.1) is 0 Å². The maximum atomic E-state index is 12.1. The number of hydrogen-bond donors (Lipinski definition) is 1. The van der Waals surface area contributed by atoms with Gasteiger partial charge in [-0.05, 0) is 36.4 Å². The van der Waals surface area contributed by atoms with E-state index >= 15 is 0 Å². The van der Waals surface area contributed by atoms with Crippen LogP contribution in [0.1, 0.15) is 12.2 Å². The summed E-state index contributed by atoms with van der Waals surface area (Å²) in [6.07, 6.45) is -0.0165. The largest absolute Gasteiger partial charge is 0.497 e. The fourth-order valence-corrected chi connectivity index (χ4v) is 2.57. The maximum absolute atomic E-state index is 12.1. The van der Waals surface area contributed by atoms with Crippen LogP contribution in [0.3, 0.4) is 0 Å². The number of methoxy groups -OCH3 is 1. The summed E-state index contributed by atoms with van der Waals surface area (Å²) in [7, 11) is 1.57. The van der Waals surface area contributed by atoms with E-state index in [1.807, 2.05) is 6.07 Å². The van der Waals surface area contributed by atoms with Crippen molar-refractivity contribution in [3.05, 3.63) is 54.3 Å². The number of hydrogen-bond acceptors (Lipinski definition) is 7. The minimum Gasteiger partial charge on any atom is -0.497 e. The fraction of sp³-hybridized carbons (Fsp3) is 0.190. The Morgan fingerprint density at radius 2 is 1.83 bits per heavy atom. The Morgan fingerprint density at radius 1 is 1.10 bits per heavy atom. The molecule has 2 aromatic carbocycles. The van der Waals surface area contributed by atoms with Crippen molar-refractivity contribution in [2.45, 2.75) is 6.42 Å². The zero-order valence-electron chi connectivity index (χ0n) is 15.6. The predicted molar refractivity (Wildman–Crippen MR) is 104 cm³/mol. The first-order valence-corrected chi connectivity index (χ1v) is 8.74. The molecule has 8 nitrogen and oxygen atoms in total. The molecule has 1 N–H and O–H groups in total. The Balaban J connectivity index is 1.45. The van der Waals surface area contributed by atoms with Gasteiger partial charge in [-0.2, -0.15) is 5.26 Å². The first-order valence-electron chi connectivity index (χ1n) is 8.74. The summed E-state index contributed by atoms with van der Waals surface area (Å²) in [4.78, 5) is 23.9. The van der Waals surface area contributed by atoms with Gasteiger partial charge in [0.2, 0.25) is 5.76 Å². The van der Waals surface area contributed by atoms with Gasteiger partial charge in [-0.1, -0.05) is 12.1 Å². The molecular weight excluding hydrogens is 376 g/mol. The van der Waals surface area contributed by atoms with Crippen molar-refractivity contribution in [1.29, 1.82) is 5.26 Å². The third-order valence-electron chi connectivity index (χ3n) is 3.96. The third-order valence-corrected chi connectivity index (χ3v) is 3.96. The molecule has 0 aliphatic carbocycles. The van der Waals surface area contributed by atoms with Crippen LogP contribution in [0.4, 0.5) is 5.69 Å². The highest BCUT2D eigenvalue weighted by Crippen LogP contribution is 2.30. The van der Waals surface area contributed by atoms with Crippen LogP contribution in [-0.2, 0) is 14.3 Å². The van der Waals surface area contributed by atoms with Gasteiger partial charge in [-0.25, -0.2) is 0 Å². The number of nitrogens with one attached hydrogen (secondary N) is 1. The number of fused-ring (bicyclic) bond motifs is 1. The lowest BCUT2D eigenvalue weighted by atomic mass is 10.2. The Bertz CT molecular complexity index is 1050. The van der Waals surface area contributed by atoms with E-state index in [-0.39, 0.29) is 24.5 Å². The lowest BCUT2D eigenvalue weighted by molar-refractivity contribution is -0.147. The topological polar surface area (TPSA) is 111 Å². The first-order chi connectivity index (χ1) is 14.1. The van der Waals surface area contributed by atoms with Crippen molar-refractivity contribution in [3.8, 4) is 17.6 Å². The first kappa shape index (κ1) is 19.8. The zero-order valence-corrected chi connectivity index (χ0v) is 15.6. The predicted octanol–water partition coefficient (Wildman–Crippen LogP) is 3.26. The smallest absolute Gasteiger partial charge is 0.309 e. The van der Waals surface area contributed by atoms with E-state index in [1.165, 1.54) is 0 Å². The molecule has 0 spiro atoms. The highest BCUT2D eigenvalue weighted by molar-refractivity contribution is 6.03. The van der Waals surface area contributed by atoms with Crippen molar-refractivity contribution in [3.63, 3.8) is 0 Å². The summed E-state index contributed by atoms with van der Waals surface area (Å²) in [5, 5.41) is 12.3. The molecule has 148 valence electrons. The average Bonchev–Trinajstić information content (AvgIpc) is 3.10. The fourth-order valence-electron chi connectivity index (χ4n) is 2.57. The number of benzene rings is 2. The van der Waals surface area contributed by atoms with Crippen molar-refractivity contribution in [2.24, 2.45) is 0 Å². The summed E-state index contributed by atoms with van der Waals surface area (Å²) in [5.41, 5.74) is 0.735. The number of esters is 1. The van der Waals surface area contributed by atoms with Gasteiger partial charge in [0.25, 0.3) is 5.91 Å². The number of carbonyl (C=O) groups is 2. The zero-order chi connectivity index (χ0) is 20.6. The standard InChI is InChI=1S/C21H18N2O6/c1-26-14-6-8-15(9-7-14)27-11-10-20(25)28-13-19(24)23-21-16-4-2-3-5-17(16)29-18(21)12-22/h2-9H,10-11,13H2,1H3,(H,23,24). The summed E-state index contributed by atoms with van der Waals surface area (Å²) in [6, 6.07) is 15.8. The molecule has 0 fully saturated rings. The van der Waals surface area contributed by atoms with Gasteiger partial charge in [0.1, 0.15) is 28.8 Å². The Kier molecular flexibility index (Phi) is 6.32. The van der Waals surface area contributed by atoms with Gasteiger partial charge in [0, 0.05) is 5.39 Å². The minimum absolute atomic E-state index is 0.0150. The quantitative estimate of drug-likeness (QED) is 0.584. The number of nitrogens with zero attached hydrogens (tertiary/aromatic N) is 1. The molecule has 1 aromatic heterocycles. The molecule has 0 radical (unpaired) electrons. The van der Waals surface area contributed by atoms with Crippen molar-refractivity contribution in [2.75, 3.05) is 25.6 Å². The minimum atomic E-state index is -0.578. The number of nitriles is 1. The lowest BCUT2D eigenvalue weighted by Crippen LogP contribution is -2.21. The second kappa shape index (κ2) is 9.28. The van der Waals surface area contributed by atoms with Gasteiger partial charge in [-0.3, -0.25) is 9.59 Å². The van der Waals surface area contributed by atoms with Gasteiger partial charge in [0.05, 0.1) is 20.1 Å². The molecule has 0 aliphatic heterocycles. The van der Waals surface area contributed by atoms with E-state index < -0.39 is 18.5 Å². The third kappa shape index (κ3) is 5.05. The number of rotatable bonds is 8. The molecule has 8 heteroatoms. The second-order valence-electron chi connectivity index (χ2n) is 5.90. The molecule has 1 heterocycles.